The first-order chi connectivity index (χ1) is 26.9. The van der Waals surface area contributed by atoms with Gasteiger partial charge in [0.1, 0.15) is 22.7 Å². The van der Waals surface area contributed by atoms with Crippen molar-refractivity contribution in [2.24, 2.45) is 0 Å². The maximum Gasteiger partial charge on any atom is 0.333 e. The van der Waals surface area contributed by atoms with Crippen molar-refractivity contribution < 1.29 is 9.15 Å². The van der Waals surface area contributed by atoms with E-state index in [0.717, 1.165) is 72.9 Å². The summed E-state index contributed by atoms with van der Waals surface area (Å²) in [6, 6.07) is 48.1. The molecule has 0 aliphatic carbocycles. The lowest BCUT2D eigenvalue weighted by molar-refractivity contribution is 0.509. The molecular weight excluding hydrogens is 673 g/mol. The number of aromatic nitrogens is 1. The zero-order chi connectivity index (χ0) is 36.7. The van der Waals surface area contributed by atoms with Crippen LogP contribution in [0.25, 0.3) is 71.9 Å². The first-order valence-corrected chi connectivity index (χ1v) is 18.8. The molecule has 260 valence electrons. The lowest BCUT2D eigenvalue weighted by atomic mass is 9.43. The van der Waals surface area contributed by atoms with Crippen molar-refractivity contribution in [2.75, 3.05) is 23.8 Å². The van der Waals surface area contributed by atoms with Gasteiger partial charge in [0.2, 0.25) is 0 Å². The van der Waals surface area contributed by atoms with Gasteiger partial charge in [-0.2, -0.15) is 0 Å². The Bertz CT molecular complexity index is 3190. The largest absolute Gasteiger partial charge is 0.456 e. The maximum absolute atomic E-state index is 6.79. The van der Waals surface area contributed by atoms with Crippen LogP contribution in [-0.2, 0) is 0 Å². The van der Waals surface area contributed by atoms with E-state index in [1.165, 1.54) is 49.4 Å². The molecule has 0 atom stereocenters. The zero-order valence-corrected chi connectivity index (χ0v) is 30.7. The molecule has 5 nitrogen and oxygen atoms in total. The van der Waals surface area contributed by atoms with E-state index in [9.17, 15) is 0 Å². The molecule has 7 aromatic carbocycles. The molecular formula is C49H34BN3O2. The third-order valence-electron chi connectivity index (χ3n) is 12.0. The normalized spacial score (nSPS) is 13.9. The number of ether oxygens (including phenoxy) is 1. The van der Waals surface area contributed by atoms with Crippen molar-refractivity contribution in [3.05, 3.63) is 163 Å². The van der Waals surface area contributed by atoms with Gasteiger partial charge in [0.15, 0.2) is 0 Å². The minimum absolute atomic E-state index is 0.151. The van der Waals surface area contributed by atoms with Crippen LogP contribution < -0.4 is 25.4 Å². The number of para-hydroxylation sites is 2. The van der Waals surface area contributed by atoms with Gasteiger partial charge < -0.3 is 23.4 Å². The third kappa shape index (κ3) is 4.08. The van der Waals surface area contributed by atoms with Crippen LogP contribution in [0, 0.1) is 6.92 Å². The van der Waals surface area contributed by atoms with Crippen molar-refractivity contribution in [3.63, 3.8) is 0 Å². The molecule has 0 fully saturated rings. The Kier molecular flexibility index (Phi) is 6.01. The Labute approximate surface area is 318 Å². The lowest BCUT2D eigenvalue weighted by Gasteiger charge is -2.42. The number of hydrogen-bond donors (Lipinski definition) is 0. The minimum Gasteiger partial charge on any atom is -0.456 e. The molecule has 12 rings (SSSR count). The molecule has 0 spiro atoms. The van der Waals surface area contributed by atoms with Crippen molar-refractivity contribution in [3.8, 4) is 22.6 Å². The van der Waals surface area contributed by atoms with E-state index in [1.54, 1.807) is 0 Å². The number of anilines is 3. The first-order valence-electron chi connectivity index (χ1n) is 18.8. The van der Waals surface area contributed by atoms with Crippen molar-refractivity contribution in [1.29, 1.82) is 0 Å². The van der Waals surface area contributed by atoms with E-state index in [-0.39, 0.29) is 6.85 Å². The molecule has 3 aliphatic rings. The SMILES string of the molecule is C=C1C=C(c2ccccc2)Oc2cc3c(cc21)B1c2c(cc(C)c4c5ccccc5n-3c24)-c2cc3c(cc2N1c1ccc(N(C)C)cc1)oc1ccccc13. The first kappa shape index (κ1) is 30.5. The van der Waals surface area contributed by atoms with Crippen LogP contribution >= 0.6 is 0 Å². The van der Waals surface area contributed by atoms with Gasteiger partial charge in [0, 0.05) is 87.2 Å². The van der Waals surface area contributed by atoms with Crippen LogP contribution in [0.3, 0.4) is 0 Å². The van der Waals surface area contributed by atoms with E-state index < -0.39 is 0 Å². The van der Waals surface area contributed by atoms with E-state index in [1.807, 2.05) is 24.3 Å². The Morgan fingerprint density at radius 3 is 2.25 bits per heavy atom. The highest BCUT2D eigenvalue weighted by Crippen LogP contribution is 2.49. The molecule has 3 aliphatic heterocycles. The van der Waals surface area contributed by atoms with Gasteiger partial charge in [0.05, 0.1) is 11.0 Å². The topological polar surface area (TPSA) is 33.8 Å². The Hall–Kier alpha value is -6.92. The van der Waals surface area contributed by atoms with Crippen LogP contribution in [-0.4, -0.2) is 25.5 Å². The van der Waals surface area contributed by atoms with E-state index in [4.69, 9.17) is 9.15 Å². The third-order valence-corrected chi connectivity index (χ3v) is 12.0. The Morgan fingerprint density at radius 1 is 0.673 bits per heavy atom. The molecule has 0 N–H and O–H groups in total. The van der Waals surface area contributed by atoms with Crippen LogP contribution in [0.2, 0.25) is 0 Å². The second-order valence-electron chi connectivity index (χ2n) is 15.3. The molecule has 0 unspecified atom stereocenters. The van der Waals surface area contributed by atoms with E-state index in [0.29, 0.717) is 0 Å². The summed E-state index contributed by atoms with van der Waals surface area (Å²) in [7, 11) is 4.18. The molecule has 9 aromatic rings. The zero-order valence-electron chi connectivity index (χ0n) is 30.7. The number of allylic oxidation sites excluding steroid dienone is 2. The Morgan fingerprint density at radius 2 is 1.44 bits per heavy atom. The number of furan rings is 1. The number of fused-ring (bicyclic) bond motifs is 12. The van der Waals surface area contributed by atoms with Crippen LogP contribution in [0.15, 0.2) is 151 Å². The molecule has 0 radical (unpaired) electrons. The number of hydrogen-bond acceptors (Lipinski definition) is 4. The second kappa shape index (κ2) is 10.8. The van der Waals surface area contributed by atoms with Gasteiger partial charge in [0.25, 0.3) is 0 Å². The number of rotatable bonds is 3. The monoisotopic (exact) mass is 707 g/mol. The molecule has 5 heterocycles. The Balaban J connectivity index is 1.21. The quantitative estimate of drug-likeness (QED) is 0.171. The number of nitrogens with zero attached hydrogens (tertiary/aromatic N) is 3. The number of benzene rings is 7. The van der Waals surface area contributed by atoms with Crippen LogP contribution in [0.4, 0.5) is 17.1 Å². The highest BCUT2D eigenvalue weighted by molar-refractivity contribution is 6.93. The summed E-state index contributed by atoms with van der Waals surface area (Å²) in [5.41, 5.74) is 17.9. The standard InChI is InChI=1S/C49H34BN3O2/c1-28-23-44(30-12-6-5-7-13-30)55-45-27-42-39(25-35(28)45)50-48-38(22-29(2)47-34-15-8-10-16-40(34)52(42)49(47)48)36-24-37-33-14-9-11-17-43(33)54-46(37)26-41(36)53(50)32-20-18-31(19-21-32)51(3)4/h5-27H,1H2,2-4H3. The van der Waals surface area contributed by atoms with Crippen molar-refractivity contribution >= 4 is 89.9 Å². The van der Waals surface area contributed by atoms with Gasteiger partial charge >= 0.3 is 6.85 Å². The summed E-state index contributed by atoms with van der Waals surface area (Å²) in [6.45, 7) is 6.72. The van der Waals surface area contributed by atoms with Gasteiger partial charge in [-0.1, -0.05) is 85.4 Å². The van der Waals surface area contributed by atoms with Crippen molar-refractivity contribution in [2.45, 2.75) is 6.92 Å². The molecule has 2 aromatic heterocycles. The highest BCUT2D eigenvalue weighted by atomic mass is 16.5. The van der Waals surface area contributed by atoms with E-state index >= 15 is 0 Å². The summed E-state index contributed by atoms with van der Waals surface area (Å²) < 4.78 is 15.9. The fraction of sp³-hybridized carbons (Fsp3) is 0.0612. The summed E-state index contributed by atoms with van der Waals surface area (Å²) in [5.74, 6) is 1.62. The fourth-order valence-electron chi connectivity index (χ4n) is 9.54. The number of aryl methyl sites for hydroxylation is 1. The maximum atomic E-state index is 6.79. The van der Waals surface area contributed by atoms with Gasteiger partial charge in [-0.05, 0) is 83.1 Å². The molecule has 55 heavy (non-hydrogen) atoms. The molecule has 6 heteroatoms. The smallest absolute Gasteiger partial charge is 0.333 e. The summed E-state index contributed by atoms with van der Waals surface area (Å²) >= 11 is 0. The average Bonchev–Trinajstić information content (AvgIpc) is 3.76. The van der Waals surface area contributed by atoms with Gasteiger partial charge in [-0.3, -0.25) is 0 Å². The fourth-order valence-corrected chi connectivity index (χ4v) is 9.54. The minimum atomic E-state index is -0.151. The summed E-state index contributed by atoms with van der Waals surface area (Å²) in [4.78, 5) is 4.69. The molecule has 0 saturated carbocycles. The summed E-state index contributed by atoms with van der Waals surface area (Å²) in [5, 5.41) is 4.80. The van der Waals surface area contributed by atoms with Crippen molar-refractivity contribution in [1.82, 2.24) is 4.57 Å². The van der Waals surface area contributed by atoms with E-state index in [2.05, 4.69) is 157 Å². The second-order valence-corrected chi connectivity index (χ2v) is 15.3. The molecule has 0 amide bonds. The molecule has 0 bridgehead atoms. The average molecular weight is 708 g/mol. The molecule has 0 saturated heterocycles. The van der Waals surface area contributed by atoms with Gasteiger partial charge in [-0.25, -0.2) is 0 Å². The summed E-state index contributed by atoms with van der Waals surface area (Å²) in [6.07, 6.45) is 2.07. The van der Waals surface area contributed by atoms with Gasteiger partial charge in [-0.15, -0.1) is 0 Å². The predicted molar refractivity (Wildman–Crippen MR) is 230 cm³/mol. The highest BCUT2D eigenvalue weighted by Gasteiger charge is 2.45. The predicted octanol–water partition coefficient (Wildman–Crippen LogP) is 10.7. The van der Waals surface area contributed by atoms with Crippen LogP contribution in [0.1, 0.15) is 16.7 Å². The lowest BCUT2D eigenvalue weighted by Crippen LogP contribution is -2.60. The van der Waals surface area contributed by atoms with Crippen LogP contribution in [0.5, 0.6) is 5.75 Å².